The molecule has 0 bridgehead atoms. The molecule has 0 aromatic heterocycles. The number of carboxylic acids is 1. The van der Waals surface area contributed by atoms with E-state index in [-0.39, 0.29) is 6.42 Å². The Morgan fingerprint density at radius 1 is 1.24 bits per heavy atom. The Hall–Kier alpha value is -2.04. The van der Waals surface area contributed by atoms with Crippen molar-refractivity contribution in [3.05, 3.63) is 35.4 Å². The summed E-state index contributed by atoms with van der Waals surface area (Å²) in [5, 5.41) is 11.6. The first-order valence-electron chi connectivity index (χ1n) is 6.92. The zero-order chi connectivity index (χ0) is 16.0. The average Bonchev–Trinajstić information content (AvgIpc) is 2.28. The topological polar surface area (TPSA) is 75.6 Å². The smallest absolute Gasteiger partial charge is 0.407 e. The Morgan fingerprint density at radius 3 is 2.29 bits per heavy atom. The number of ether oxygens (including phenoxy) is 1. The number of aliphatic carboxylic acids is 1. The molecule has 1 rings (SSSR count). The Balaban J connectivity index is 2.69. The number of alkyl carbamates (subject to hydrolysis) is 1. The maximum absolute atomic E-state index is 11.8. The molecule has 0 radical (unpaired) electrons. The first-order chi connectivity index (χ1) is 9.65. The molecule has 21 heavy (non-hydrogen) atoms. The lowest BCUT2D eigenvalue weighted by Gasteiger charge is -2.23. The Bertz CT molecular complexity index is 488. The molecule has 1 aromatic rings. The molecule has 116 valence electrons. The van der Waals surface area contributed by atoms with Gasteiger partial charge in [0.15, 0.2) is 0 Å². The Kier molecular flexibility index (Phi) is 5.76. The summed E-state index contributed by atoms with van der Waals surface area (Å²) in [6.45, 7) is 7.27. The number of aryl methyl sites for hydroxylation is 1. The fourth-order valence-electron chi connectivity index (χ4n) is 1.87. The number of rotatable bonds is 5. The van der Waals surface area contributed by atoms with E-state index in [1.807, 2.05) is 31.2 Å². The molecular weight excluding hydrogens is 270 g/mol. The molecule has 1 amide bonds. The van der Waals surface area contributed by atoms with Crippen LogP contribution in [-0.4, -0.2) is 28.8 Å². The van der Waals surface area contributed by atoms with Crippen LogP contribution in [0.25, 0.3) is 0 Å². The molecule has 0 spiro atoms. The molecule has 0 saturated heterocycles. The third kappa shape index (κ3) is 7.34. The molecule has 0 aliphatic heterocycles. The SMILES string of the molecule is Cc1ccc(C[C@@H](CC(=O)O)NC(=O)OC(C)(C)C)cc1. The summed E-state index contributed by atoms with van der Waals surface area (Å²) in [6, 6.07) is 7.28. The van der Waals surface area contributed by atoms with Crippen LogP contribution in [0.4, 0.5) is 4.79 Å². The second-order valence-electron chi connectivity index (χ2n) is 6.13. The Morgan fingerprint density at radius 2 is 1.81 bits per heavy atom. The molecule has 0 saturated carbocycles. The third-order valence-corrected chi connectivity index (χ3v) is 2.74. The maximum atomic E-state index is 11.8. The summed E-state index contributed by atoms with van der Waals surface area (Å²) in [4.78, 5) is 22.7. The van der Waals surface area contributed by atoms with Gasteiger partial charge in [-0.05, 0) is 39.7 Å². The highest BCUT2D eigenvalue weighted by Gasteiger charge is 2.21. The number of carbonyl (C=O) groups excluding carboxylic acids is 1. The van der Waals surface area contributed by atoms with Crippen LogP contribution >= 0.6 is 0 Å². The molecule has 5 heteroatoms. The van der Waals surface area contributed by atoms with Gasteiger partial charge in [-0.2, -0.15) is 0 Å². The van der Waals surface area contributed by atoms with Crippen molar-refractivity contribution < 1.29 is 19.4 Å². The Labute approximate surface area is 125 Å². The predicted molar refractivity (Wildman–Crippen MR) is 80.3 cm³/mol. The number of amides is 1. The third-order valence-electron chi connectivity index (χ3n) is 2.74. The molecule has 0 fully saturated rings. The second-order valence-corrected chi connectivity index (χ2v) is 6.13. The zero-order valence-corrected chi connectivity index (χ0v) is 13.0. The summed E-state index contributed by atoms with van der Waals surface area (Å²) in [5.41, 5.74) is 1.50. The second kappa shape index (κ2) is 7.11. The van der Waals surface area contributed by atoms with E-state index in [0.29, 0.717) is 6.42 Å². The minimum absolute atomic E-state index is 0.146. The van der Waals surface area contributed by atoms with Crippen molar-refractivity contribution in [1.82, 2.24) is 5.32 Å². The summed E-state index contributed by atoms with van der Waals surface area (Å²) in [6.07, 6.45) is -0.292. The van der Waals surface area contributed by atoms with Gasteiger partial charge in [-0.1, -0.05) is 29.8 Å². The largest absolute Gasteiger partial charge is 0.481 e. The van der Waals surface area contributed by atoms with Crippen LogP contribution in [0, 0.1) is 6.92 Å². The van der Waals surface area contributed by atoms with E-state index in [1.54, 1.807) is 20.8 Å². The molecular formula is C16H23NO4. The minimum Gasteiger partial charge on any atom is -0.481 e. The number of nitrogens with one attached hydrogen (secondary N) is 1. The number of hydrogen-bond acceptors (Lipinski definition) is 3. The van der Waals surface area contributed by atoms with E-state index >= 15 is 0 Å². The van der Waals surface area contributed by atoms with Gasteiger partial charge in [-0.3, -0.25) is 4.79 Å². The van der Waals surface area contributed by atoms with Crippen LogP contribution < -0.4 is 5.32 Å². The van der Waals surface area contributed by atoms with E-state index in [1.165, 1.54) is 0 Å². The van der Waals surface area contributed by atoms with Crippen molar-refractivity contribution in [2.24, 2.45) is 0 Å². The van der Waals surface area contributed by atoms with Crippen molar-refractivity contribution in [2.75, 3.05) is 0 Å². The van der Waals surface area contributed by atoms with Crippen LogP contribution in [0.15, 0.2) is 24.3 Å². The van der Waals surface area contributed by atoms with Crippen LogP contribution in [-0.2, 0) is 16.0 Å². The van der Waals surface area contributed by atoms with E-state index in [9.17, 15) is 9.59 Å². The van der Waals surface area contributed by atoms with Crippen LogP contribution in [0.2, 0.25) is 0 Å². The maximum Gasteiger partial charge on any atom is 0.407 e. The van der Waals surface area contributed by atoms with E-state index in [4.69, 9.17) is 9.84 Å². The highest BCUT2D eigenvalue weighted by Crippen LogP contribution is 2.11. The molecule has 1 aromatic carbocycles. The molecule has 0 aliphatic rings. The number of carboxylic acid groups (broad SMARTS) is 1. The zero-order valence-electron chi connectivity index (χ0n) is 13.0. The lowest BCUT2D eigenvalue weighted by atomic mass is 10.0. The standard InChI is InChI=1S/C16H23NO4/c1-11-5-7-12(8-6-11)9-13(10-14(18)19)17-15(20)21-16(2,3)4/h5-8,13H,9-10H2,1-4H3,(H,17,20)(H,18,19)/t13-/m0/s1. The quantitative estimate of drug-likeness (QED) is 0.875. The van der Waals surface area contributed by atoms with Gasteiger partial charge in [0.05, 0.1) is 6.42 Å². The molecule has 5 nitrogen and oxygen atoms in total. The number of hydrogen-bond donors (Lipinski definition) is 2. The average molecular weight is 293 g/mol. The van der Waals surface area contributed by atoms with Gasteiger partial charge in [-0.25, -0.2) is 4.79 Å². The summed E-state index contributed by atoms with van der Waals surface area (Å²) < 4.78 is 5.16. The van der Waals surface area contributed by atoms with Crippen molar-refractivity contribution in [3.63, 3.8) is 0 Å². The minimum atomic E-state index is -0.955. The first kappa shape index (κ1) is 17.0. The summed E-state index contributed by atoms with van der Waals surface area (Å²) in [7, 11) is 0. The predicted octanol–water partition coefficient (Wildman–Crippen LogP) is 2.91. The lowest BCUT2D eigenvalue weighted by Crippen LogP contribution is -2.41. The van der Waals surface area contributed by atoms with E-state index in [0.717, 1.165) is 11.1 Å². The van der Waals surface area contributed by atoms with Gasteiger partial charge in [0.25, 0.3) is 0 Å². The van der Waals surface area contributed by atoms with Gasteiger partial charge < -0.3 is 15.2 Å². The van der Waals surface area contributed by atoms with Gasteiger partial charge in [-0.15, -0.1) is 0 Å². The summed E-state index contributed by atoms with van der Waals surface area (Å²) in [5.74, 6) is -0.955. The van der Waals surface area contributed by atoms with Gasteiger partial charge >= 0.3 is 12.1 Å². The molecule has 0 heterocycles. The van der Waals surface area contributed by atoms with Gasteiger partial charge in [0.1, 0.15) is 5.60 Å². The monoisotopic (exact) mass is 293 g/mol. The van der Waals surface area contributed by atoms with Gasteiger partial charge in [0.2, 0.25) is 0 Å². The van der Waals surface area contributed by atoms with Gasteiger partial charge in [0, 0.05) is 6.04 Å². The van der Waals surface area contributed by atoms with Crippen LogP contribution in [0.5, 0.6) is 0 Å². The van der Waals surface area contributed by atoms with E-state index < -0.39 is 23.7 Å². The van der Waals surface area contributed by atoms with E-state index in [2.05, 4.69) is 5.32 Å². The fourth-order valence-corrected chi connectivity index (χ4v) is 1.87. The molecule has 2 N–H and O–H groups in total. The number of carbonyl (C=O) groups is 2. The first-order valence-corrected chi connectivity index (χ1v) is 6.92. The molecule has 1 atom stereocenters. The lowest BCUT2D eigenvalue weighted by molar-refractivity contribution is -0.137. The molecule has 0 aliphatic carbocycles. The van der Waals surface area contributed by atoms with Crippen molar-refractivity contribution in [3.8, 4) is 0 Å². The normalized spacial score (nSPS) is 12.6. The highest BCUT2D eigenvalue weighted by molar-refractivity contribution is 5.71. The highest BCUT2D eigenvalue weighted by atomic mass is 16.6. The van der Waals surface area contributed by atoms with Crippen molar-refractivity contribution >= 4 is 12.1 Å². The van der Waals surface area contributed by atoms with Crippen LogP contribution in [0.3, 0.4) is 0 Å². The number of benzene rings is 1. The van der Waals surface area contributed by atoms with Crippen molar-refractivity contribution in [1.29, 1.82) is 0 Å². The summed E-state index contributed by atoms with van der Waals surface area (Å²) >= 11 is 0. The fraction of sp³-hybridized carbons (Fsp3) is 0.500. The van der Waals surface area contributed by atoms with Crippen LogP contribution in [0.1, 0.15) is 38.3 Å². The molecule has 0 unspecified atom stereocenters. The van der Waals surface area contributed by atoms with Crippen molar-refractivity contribution in [2.45, 2.75) is 52.2 Å².